The second-order valence-electron chi connectivity index (χ2n) is 5.91. The topological polar surface area (TPSA) is 76.4 Å². The van der Waals surface area contributed by atoms with Crippen molar-refractivity contribution >= 4 is 41.3 Å². The first-order chi connectivity index (χ1) is 13.2. The van der Waals surface area contributed by atoms with E-state index >= 15 is 0 Å². The third kappa shape index (κ3) is 6.20. The Morgan fingerprint density at radius 2 is 1.96 bits per heavy atom. The first kappa shape index (κ1) is 22.2. The molecule has 150 valence electrons. The molecule has 0 aliphatic carbocycles. The lowest BCUT2D eigenvalue weighted by Gasteiger charge is -2.10. The zero-order chi connectivity index (χ0) is 19.1. The second kappa shape index (κ2) is 11.0. The smallest absolute Gasteiger partial charge is 0.191 e. The number of hydrogen-bond donors (Lipinski definition) is 2. The lowest BCUT2D eigenvalue weighted by Crippen LogP contribution is -2.38. The SMILES string of the molecule is CN=C(NCCc1csc(C)n1)NCc1ccn(-c2ccc(OC)cc2)n1.I. The van der Waals surface area contributed by atoms with Gasteiger partial charge in [-0.1, -0.05) is 0 Å². The monoisotopic (exact) mass is 512 g/mol. The number of thiazole rings is 1. The molecule has 0 saturated carbocycles. The van der Waals surface area contributed by atoms with Gasteiger partial charge in [-0.25, -0.2) is 9.67 Å². The van der Waals surface area contributed by atoms with Crippen LogP contribution in [0.4, 0.5) is 0 Å². The van der Waals surface area contributed by atoms with Crippen molar-refractivity contribution in [3.05, 3.63) is 58.3 Å². The number of ether oxygens (including phenoxy) is 1. The molecular formula is C19H25IN6OS. The molecule has 3 aromatic rings. The van der Waals surface area contributed by atoms with E-state index in [1.165, 1.54) is 0 Å². The Hall–Kier alpha value is -2.14. The van der Waals surface area contributed by atoms with Gasteiger partial charge >= 0.3 is 0 Å². The largest absolute Gasteiger partial charge is 0.497 e. The molecule has 28 heavy (non-hydrogen) atoms. The molecular weight excluding hydrogens is 487 g/mol. The van der Waals surface area contributed by atoms with Crippen molar-refractivity contribution in [2.75, 3.05) is 20.7 Å². The highest BCUT2D eigenvalue weighted by Gasteiger charge is 2.04. The van der Waals surface area contributed by atoms with E-state index in [1.807, 2.05) is 48.1 Å². The summed E-state index contributed by atoms with van der Waals surface area (Å²) in [7, 11) is 3.42. The third-order valence-electron chi connectivity index (χ3n) is 3.98. The maximum absolute atomic E-state index is 5.19. The van der Waals surface area contributed by atoms with Crippen LogP contribution >= 0.6 is 35.3 Å². The van der Waals surface area contributed by atoms with Crippen LogP contribution in [0.15, 0.2) is 46.9 Å². The fourth-order valence-electron chi connectivity index (χ4n) is 2.56. The average molecular weight is 512 g/mol. The van der Waals surface area contributed by atoms with Crippen LogP contribution in [0.2, 0.25) is 0 Å². The van der Waals surface area contributed by atoms with E-state index in [2.05, 4.69) is 31.1 Å². The molecule has 2 N–H and O–H groups in total. The lowest BCUT2D eigenvalue weighted by atomic mass is 10.3. The van der Waals surface area contributed by atoms with Gasteiger partial charge in [0.15, 0.2) is 5.96 Å². The number of methoxy groups -OCH3 is 1. The number of nitrogens with one attached hydrogen (secondary N) is 2. The van der Waals surface area contributed by atoms with E-state index in [0.717, 1.165) is 46.8 Å². The van der Waals surface area contributed by atoms with Crippen LogP contribution in [0, 0.1) is 6.92 Å². The highest BCUT2D eigenvalue weighted by atomic mass is 127. The molecule has 0 spiro atoms. The molecule has 0 saturated heterocycles. The van der Waals surface area contributed by atoms with Gasteiger partial charge in [-0.3, -0.25) is 4.99 Å². The van der Waals surface area contributed by atoms with Gasteiger partial charge in [0.1, 0.15) is 5.75 Å². The van der Waals surface area contributed by atoms with Crippen LogP contribution in [-0.4, -0.2) is 41.4 Å². The van der Waals surface area contributed by atoms with Crippen LogP contribution < -0.4 is 15.4 Å². The predicted molar refractivity (Wildman–Crippen MR) is 124 cm³/mol. The Morgan fingerprint density at radius 1 is 1.18 bits per heavy atom. The maximum Gasteiger partial charge on any atom is 0.191 e. The fourth-order valence-corrected chi connectivity index (χ4v) is 3.21. The van der Waals surface area contributed by atoms with Crippen LogP contribution in [0.5, 0.6) is 5.75 Å². The minimum absolute atomic E-state index is 0. The number of hydrogen-bond acceptors (Lipinski definition) is 5. The molecule has 0 amide bonds. The molecule has 2 heterocycles. The first-order valence-corrected chi connectivity index (χ1v) is 9.60. The standard InChI is InChI=1S/C19H24N6OS.HI/c1-14-23-16(13-27-14)8-10-21-19(20-2)22-12-15-9-11-25(24-15)17-4-6-18(26-3)7-5-17;/h4-7,9,11,13H,8,10,12H2,1-3H3,(H2,20,21,22);1H. The summed E-state index contributed by atoms with van der Waals surface area (Å²) < 4.78 is 7.03. The Bertz CT molecular complexity index is 890. The Labute approximate surface area is 186 Å². The van der Waals surface area contributed by atoms with Crippen molar-refractivity contribution in [3.8, 4) is 11.4 Å². The molecule has 0 bridgehead atoms. The van der Waals surface area contributed by atoms with E-state index in [-0.39, 0.29) is 24.0 Å². The van der Waals surface area contributed by atoms with Gasteiger partial charge in [0.2, 0.25) is 0 Å². The third-order valence-corrected chi connectivity index (χ3v) is 4.80. The molecule has 1 aromatic carbocycles. The van der Waals surface area contributed by atoms with Crippen molar-refractivity contribution in [1.29, 1.82) is 0 Å². The molecule has 9 heteroatoms. The minimum atomic E-state index is 0. The number of rotatable bonds is 7. The van der Waals surface area contributed by atoms with Crippen molar-refractivity contribution in [3.63, 3.8) is 0 Å². The number of aliphatic imine (C=N–C) groups is 1. The fraction of sp³-hybridized carbons (Fsp3) is 0.316. The average Bonchev–Trinajstić information content (AvgIpc) is 3.33. The molecule has 0 unspecified atom stereocenters. The van der Waals surface area contributed by atoms with Gasteiger partial charge in [-0.05, 0) is 37.3 Å². The summed E-state index contributed by atoms with van der Waals surface area (Å²) in [5.74, 6) is 1.58. The predicted octanol–water partition coefficient (Wildman–Crippen LogP) is 3.17. The summed E-state index contributed by atoms with van der Waals surface area (Å²) in [5, 5.41) is 14.4. The van der Waals surface area contributed by atoms with Crippen LogP contribution in [0.1, 0.15) is 16.4 Å². The van der Waals surface area contributed by atoms with Crippen molar-refractivity contribution in [2.24, 2.45) is 4.99 Å². The second-order valence-corrected chi connectivity index (χ2v) is 6.97. The normalized spacial score (nSPS) is 11.0. The number of nitrogens with zero attached hydrogens (tertiary/aromatic N) is 4. The molecule has 0 aliphatic rings. The molecule has 0 aliphatic heterocycles. The van der Waals surface area contributed by atoms with Crippen molar-refractivity contribution < 1.29 is 4.74 Å². The minimum Gasteiger partial charge on any atom is -0.497 e. The lowest BCUT2D eigenvalue weighted by molar-refractivity contribution is 0.414. The van der Waals surface area contributed by atoms with Gasteiger partial charge in [0.05, 0.1) is 35.7 Å². The van der Waals surface area contributed by atoms with Gasteiger partial charge in [-0.15, -0.1) is 35.3 Å². The summed E-state index contributed by atoms with van der Waals surface area (Å²) in [4.78, 5) is 8.72. The Balaban J connectivity index is 0.00000280. The maximum atomic E-state index is 5.19. The molecule has 0 atom stereocenters. The van der Waals surface area contributed by atoms with Crippen LogP contribution in [0.25, 0.3) is 5.69 Å². The van der Waals surface area contributed by atoms with E-state index in [1.54, 1.807) is 25.5 Å². The number of aromatic nitrogens is 3. The molecule has 0 fully saturated rings. The van der Waals surface area contributed by atoms with Gasteiger partial charge in [0, 0.05) is 31.6 Å². The summed E-state index contributed by atoms with van der Waals surface area (Å²) in [6.07, 6.45) is 2.82. The van der Waals surface area contributed by atoms with Crippen LogP contribution in [0.3, 0.4) is 0 Å². The van der Waals surface area contributed by atoms with E-state index in [4.69, 9.17) is 4.74 Å². The number of guanidine groups is 1. The van der Waals surface area contributed by atoms with Gasteiger partial charge < -0.3 is 15.4 Å². The first-order valence-electron chi connectivity index (χ1n) is 8.72. The zero-order valence-corrected chi connectivity index (χ0v) is 19.3. The van der Waals surface area contributed by atoms with Crippen LogP contribution in [-0.2, 0) is 13.0 Å². The highest BCUT2D eigenvalue weighted by molar-refractivity contribution is 14.0. The molecule has 2 aromatic heterocycles. The van der Waals surface area contributed by atoms with Gasteiger partial charge in [-0.2, -0.15) is 5.10 Å². The summed E-state index contributed by atoms with van der Waals surface area (Å²) >= 11 is 1.68. The summed E-state index contributed by atoms with van der Waals surface area (Å²) in [5.41, 5.74) is 3.03. The molecule has 7 nitrogen and oxygen atoms in total. The summed E-state index contributed by atoms with van der Waals surface area (Å²) in [6, 6.07) is 9.78. The quantitative estimate of drug-likeness (QED) is 0.289. The number of halogens is 1. The van der Waals surface area contributed by atoms with E-state index < -0.39 is 0 Å². The Morgan fingerprint density at radius 3 is 2.61 bits per heavy atom. The molecule has 0 radical (unpaired) electrons. The highest BCUT2D eigenvalue weighted by Crippen LogP contribution is 2.14. The number of aryl methyl sites for hydroxylation is 1. The van der Waals surface area contributed by atoms with Crippen molar-refractivity contribution in [1.82, 2.24) is 25.4 Å². The summed E-state index contributed by atoms with van der Waals surface area (Å²) in [6.45, 7) is 3.40. The van der Waals surface area contributed by atoms with E-state index in [0.29, 0.717) is 6.54 Å². The van der Waals surface area contributed by atoms with E-state index in [9.17, 15) is 0 Å². The van der Waals surface area contributed by atoms with Gasteiger partial charge in [0.25, 0.3) is 0 Å². The number of benzene rings is 1. The zero-order valence-electron chi connectivity index (χ0n) is 16.2. The van der Waals surface area contributed by atoms with Crippen molar-refractivity contribution in [2.45, 2.75) is 19.9 Å². The molecule has 3 rings (SSSR count). The Kier molecular flexibility index (Phi) is 8.71.